The highest BCUT2D eigenvalue weighted by Crippen LogP contribution is 2.09. The Labute approximate surface area is 173 Å². The molecule has 1 unspecified atom stereocenters. The third kappa shape index (κ3) is 6.98. The van der Waals surface area contributed by atoms with Crippen molar-refractivity contribution in [3.63, 3.8) is 0 Å². The van der Waals surface area contributed by atoms with Crippen LogP contribution in [0.4, 0.5) is 4.39 Å². The first kappa shape index (κ1) is 22.5. The van der Waals surface area contributed by atoms with Crippen LogP contribution in [0.3, 0.4) is 0 Å². The monoisotopic (exact) mass is 412 g/mol. The van der Waals surface area contributed by atoms with Crippen molar-refractivity contribution in [1.82, 2.24) is 20.9 Å². The van der Waals surface area contributed by atoms with Crippen molar-refractivity contribution in [3.05, 3.63) is 54.1 Å². The van der Waals surface area contributed by atoms with Gasteiger partial charge in [-0.2, -0.15) is 0 Å². The number of hydrogen-bond donors (Lipinski definition) is 3. The summed E-state index contributed by atoms with van der Waals surface area (Å²) in [5, 5.41) is 7.32. The van der Waals surface area contributed by atoms with Gasteiger partial charge in [0.05, 0.1) is 11.7 Å². The number of nitrogens with zero attached hydrogens (tertiary/aromatic N) is 1. The molecule has 30 heavy (non-hydrogen) atoms. The Balaban J connectivity index is 1.90. The Morgan fingerprint density at radius 2 is 2.10 bits per heavy atom. The zero-order valence-corrected chi connectivity index (χ0v) is 16.5. The van der Waals surface area contributed by atoms with Crippen LogP contribution in [-0.4, -0.2) is 40.2 Å². The number of pyridine rings is 1. The van der Waals surface area contributed by atoms with Crippen LogP contribution in [0.2, 0.25) is 0 Å². The number of imide groups is 1. The molecule has 1 aliphatic rings. The van der Waals surface area contributed by atoms with Gasteiger partial charge in [-0.3, -0.25) is 24.5 Å². The van der Waals surface area contributed by atoms with Crippen LogP contribution in [-0.2, 0) is 19.2 Å². The van der Waals surface area contributed by atoms with E-state index in [0.717, 1.165) is 6.20 Å². The standard InChI is InChI=1S/C21H21FN4O4/c1-13(19(29)24-16-7-9-17(27)25-20(16)30)10-11-21(2,3)26-18(28)8-6-15-5-4-14(22)12-23-15/h4-5,10-12,16H,1,7,9H2,2-3H3,(H,24,29)(H,26,28)(H,25,27,30)/b11-10-. The molecule has 2 rings (SSSR count). The molecule has 1 aliphatic heterocycles. The van der Waals surface area contributed by atoms with Gasteiger partial charge in [-0.25, -0.2) is 9.37 Å². The molecule has 8 nitrogen and oxygen atoms in total. The molecule has 0 spiro atoms. The van der Waals surface area contributed by atoms with Gasteiger partial charge in [0.2, 0.25) is 11.8 Å². The molecule has 0 aliphatic carbocycles. The van der Waals surface area contributed by atoms with Gasteiger partial charge in [-0.15, -0.1) is 0 Å². The fraction of sp³-hybridized carbons (Fsp3) is 0.286. The summed E-state index contributed by atoms with van der Waals surface area (Å²) in [6.07, 6.45) is 4.33. The van der Waals surface area contributed by atoms with Gasteiger partial charge in [0.15, 0.2) is 0 Å². The molecule has 0 radical (unpaired) electrons. The van der Waals surface area contributed by atoms with Crippen LogP contribution in [0.5, 0.6) is 0 Å². The van der Waals surface area contributed by atoms with E-state index in [-0.39, 0.29) is 30.0 Å². The van der Waals surface area contributed by atoms with Gasteiger partial charge in [-0.05, 0) is 38.3 Å². The van der Waals surface area contributed by atoms with E-state index in [4.69, 9.17) is 0 Å². The molecule has 1 aromatic rings. The number of carbonyl (C=O) groups excluding carboxylic acids is 4. The van der Waals surface area contributed by atoms with Crippen molar-refractivity contribution >= 4 is 23.6 Å². The molecule has 2 heterocycles. The van der Waals surface area contributed by atoms with E-state index < -0.39 is 35.1 Å². The highest BCUT2D eigenvalue weighted by Gasteiger charge is 2.28. The van der Waals surface area contributed by atoms with E-state index in [1.807, 2.05) is 0 Å². The fourth-order valence-corrected chi connectivity index (χ4v) is 2.40. The number of aromatic nitrogens is 1. The lowest BCUT2D eigenvalue weighted by Gasteiger charge is -2.22. The maximum Gasteiger partial charge on any atom is 0.296 e. The average Bonchev–Trinajstić information content (AvgIpc) is 2.67. The number of hydrogen-bond acceptors (Lipinski definition) is 5. The van der Waals surface area contributed by atoms with Gasteiger partial charge < -0.3 is 10.6 Å². The first-order valence-electron chi connectivity index (χ1n) is 9.04. The topological polar surface area (TPSA) is 117 Å². The smallest absolute Gasteiger partial charge is 0.296 e. The van der Waals surface area contributed by atoms with E-state index in [1.54, 1.807) is 19.9 Å². The lowest BCUT2D eigenvalue weighted by molar-refractivity contribution is -0.136. The first-order valence-corrected chi connectivity index (χ1v) is 9.04. The van der Waals surface area contributed by atoms with Crippen LogP contribution in [0.1, 0.15) is 32.4 Å². The van der Waals surface area contributed by atoms with Crippen molar-refractivity contribution in [2.24, 2.45) is 0 Å². The summed E-state index contributed by atoms with van der Waals surface area (Å²) in [6.45, 7) is 7.02. The van der Waals surface area contributed by atoms with Crippen LogP contribution < -0.4 is 16.0 Å². The summed E-state index contributed by atoms with van der Waals surface area (Å²) in [7, 11) is 0. The van der Waals surface area contributed by atoms with Gasteiger partial charge in [-0.1, -0.05) is 18.7 Å². The Morgan fingerprint density at radius 1 is 1.37 bits per heavy atom. The number of amides is 4. The van der Waals surface area contributed by atoms with E-state index >= 15 is 0 Å². The Kier molecular flexibility index (Phi) is 7.20. The van der Waals surface area contributed by atoms with Gasteiger partial charge in [0.1, 0.15) is 17.6 Å². The molecule has 9 heteroatoms. The Morgan fingerprint density at radius 3 is 2.73 bits per heavy atom. The van der Waals surface area contributed by atoms with Gasteiger partial charge in [0, 0.05) is 17.9 Å². The second-order valence-corrected chi connectivity index (χ2v) is 7.12. The second kappa shape index (κ2) is 9.60. The molecular formula is C21H21FN4O4. The zero-order valence-electron chi connectivity index (χ0n) is 16.5. The van der Waals surface area contributed by atoms with E-state index in [2.05, 4.69) is 39.4 Å². The van der Waals surface area contributed by atoms with Gasteiger partial charge >= 0.3 is 0 Å². The van der Waals surface area contributed by atoms with Crippen molar-refractivity contribution in [2.75, 3.05) is 0 Å². The molecule has 1 saturated heterocycles. The van der Waals surface area contributed by atoms with Crippen LogP contribution >= 0.6 is 0 Å². The number of rotatable bonds is 5. The van der Waals surface area contributed by atoms with Crippen molar-refractivity contribution in [2.45, 2.75) is 38.3 Å². The minimum absolute atomic E-state index is 0.0728. The van der Waals surface area contributed by atoms with E-state index in [1.165, 1.54) is 18.2 Å². The van der Waals surface area contributed by atoms with Crippen molar-refractivity contribution < 1.29 is 23.6 Å². The largest absolute Gasteiger partial charge is 0.340 e. The quantitative estimate of drug-likeness (QED) is 0.282. The lowest BCUT2D eigenvalue weighted by atomic mass is 10.0. The molecule has 1 atom stereocenters. The number of nitrogens with one attached hydrogen (secondary N) is 3. The third-order valence-electron chi connectivity index (χ3n) is 4.00. The highest BCUT2D eigenvalue weighted by atomic mass is 19.1. The molecular weight excluding hydrogens is 391 g/mol. The molecule has 1 fully saturated rings. The predicted octanol–water partition coefficient (Wildman–Crippen LogP) is 0.501. The first-order chi connectivity index (χ1) is 14.1. The third-order valence-corrected chi connectivity index (χ3v) is 4.00. The maximum atomic E-state index is 12.8. The summed E-state index contributed by atoms with van der Waals surface area (Å²) in [5.74, 6) is 2.29. The van der Waals surface area contributed by atoms with Crippen molar-refractivity contribution in [3.8, 4) is 11.8 Å². The molecule has 0 saturated carbocycles. The molecule has 0 bridgehead atoms. The Hall–Kier alpha value is -3.80. The van der Waals surface area contributed by atoms with Crippen LogP contribution in [0, 0.1) is 17.7 Å². The minimum Gasteiger partial charge on any atom is -0.340 e. The SMILES string of the molecule is C=C(/C=C\C(C)(C)NC(=O)C#Cc1ccc(F)cn1)C(=O)NC1CCC(=O)NC1=O. The molecule has 4 amide bonds. The normalized spacial score (nSPS) is 16.3. The van der Waals surface area contributed by atoms with E-state index in [9.17, 15) is 23.6 Å². The maximum absolute atomic E-state index is 12.8. The minimum atomic E-state index is -0.861. The highest BCUT2D eigenvalue weighted by molar-refractivity contribution is 6.04. The second-order valence-electron chi connectivity index (χ2n) is 7.12. The number of carbonyl (C=O) groups is 4. The predicted molar refractivity (Wildman–Crippen MR) is 106 cm³/mol. The van der Waals surface area contributed by atoms with Crippen molar-refractivity contribution in [1.29, 1.82) is 0 Å². The molecule has 0 aromatic carbocycles. The molecule has 3 N–H and O–H groups in total. The summed E-state index contributed by atoms with van der Waals surface area (Å²) in [4.78, 5) is 50.8. The summed E-state index contributed by atoms with van der Waals surface area (Å²) < 4.78 is 12.8. The molecule has 1 aromatic heterocycles. The summed E-state index contributed by atoms with van der Waals surface area (Å²) in [5.41, 5.74) is -0.540. The van der Waals surface area contributed by atoms with Crippen LogP contribution in [0.25, 0.3) is 0 Å². The zero-order chi connectivity index (χ0) is 22.3. The number of piperidine rings is 1. The Bertz CT molecular complexity index is 971. The number of halogens is 1. The lowest BCUT2D eigenvalue weighted by Crippen LogP contribution is -2.52. The van der Waals surface area contributed by atoms with Crippen LogP contribution in [0.15, 0.2) is 42.6 Å². The van der Waals surface area contributed by atoms with Gasteiger partial charge in [0.25, 0.3) is 11.8 Å². The molecule has 156 valence electrons. The fourth-order valence-electron chi connectivity index (χ4n) is 2.40. The average molecular weight is 412 g/mol. The summed E-state index contributed by atoms with van der Waals surface area (Å²) in [6, 6.07) is 1.74. The summed E-state index contributed by atoms with van der Waals surface area (Å²) >= 11 is 0. The van der Waals surface area contributed by atoms with E-state index in [0.29, 0.717) is 0 Å².